The van der Waals surface area contributed by atoms with Gasteiger partial charge in [0.1, 0.15) is 0 Å². The molecule has 2 heteroatoms. The van der Waals surface area contributed by atoms with Crippen molar-refractivity contribution in [1.82, 2.24) is 4.90 Å². The molecular formula is C12H24N2. The highest BCUT2D eigenvalue weighted by Gasteiger charge is 2.14. The molecule has 0 bridgehead atoms. The Balaban J connectivity index is 3.93. The molecular weight excluding hydrogens is 172 g/mol. The van der Waals surface area contributed by atoms with Crippen molar-refractivity contribution in [3.63, 3.8) is 0 Å². The molecule has 0 atom stereocenters. The number of hydrogen-bond acceptors (Lipinski definition) is 2. The lowest BCUT2D eigenvalue weighted by atomic mass is 9.92. The van der Waals surface area contributed by atoms with Crippen molar-refractivity contribution < 1.29 is 0 Å². The van der Waals surface area contributed by atoms with Crippen molar-refractivity contribution >= 4 is 0 Å². The second-order valence-electron chi connectivity index (χ2n) is 5.35. The minimum absolute atomic E-state index is 0.389. The van der Waals surface area contributed by atoms with Crippen LogP contribution in [0.15, 0.2) is 0 Å². The lowest BCUT2D eigenvalue weighted by molar-refractivity contribution is 0.193. The van der Waals surface area contributed by atoms with E-state index in [2.05, 4.69) is 45.6 Å². The molecule has 0 N–H and O–H groups in total. The Morgan fingerprint density at radius 1 is 1.21 bits per heavy atom. The smallest absolute Gasteiger partial charge is 0.0635 e. The molecule has 14 heavy (non-hydrogen) atoms. The Morgan fingerprint density at radius 3 is 2.14 bits per heavy atom. The average molecular weight is 196 g/mol. The maximum atomic E-state index is 8.55. The summed E-state index contributed by atoms with van der Waals surface area (Å²) in [6.07, 6.45) is 1.83. The quantitative estimate of drug-likeness (QED) is 0.675. The second-order valence-corrected chi connectivity index (χ2v) is 5.35. The number of nitrogens with zero attached hydrogens (tertiary/aromatic N) is 2. The van der Waals surface area contributed by atoms with Crippen molar-refractivity contribution in [3.05, 3.63) is 0 Å². The van der Waals surface area contributed by atoms with Crippen LogP contribution >= 0.6 is 0 Å². The Labute approximate surface area is 88.9 Å². The number of hydrogen-bond donors (Lipinski definition) is 0. The predicted octanol–water partition coefficient (Wildman–Crippen LogP) is 3.05. The molecule has 0 rings (SSSR count). The molecule has 82 valence electrons. The third-order valence-corrected chi connectivity index (χ3v) is 2.39. The van der Waals surface area contributed by atoms with Crippen LogP contribution in [0.1, 0.15) is 47.5 Å². The van der Waals surface area contributed by atoms with Gasteiger partial charge in [0.2, 0.25) is 0 Å². The maximum Gasteiger partial charge on any atom is 0.0635 e. The van der Waals surface area contributed by atoms with E-state index in [0.717, 1.165) is 13.1 Å². The zero-order valence-corrected chi connectivity index (χ0v) is 10.3. The van der Waals surface area contributed by atoms with E-state index < -0.39 is 0 Å². The lowest BCUT2D eigenvalue weighted by Crippen LogP contribution is -2.34. The van der Waals surface area contributed by atoms with Crippen LogP contribution in [0.25, 0.3) is 0 Å². The molecule has 0 saturated carbocycles. The first kappa shape index (κ1) is 13.4. The first-order valence-corrected chi connectivity index (χ1v) is 5.48. The summed E-state index contributed by atoms with van der Waals surface area (Å²) in [4.78, 5) is 2.38. The molecule has 0 aliphatic carbocycles. The summed E-state index contributed by atoms with van der Waals surface area (Å²) >= 11 is 0. The third kappa shape index (κ3) is 6.91. The van der Waals surface area contributed by atoms with E-state index in [4.69, 9.17) is 5.26 Å². The van der Waals surface area contributed by atoms with E-state index in [0.29, 0.717) is 17.9 Å². The monoisotopic (exact) mass is 196 g/mol. The van der Waals surface area contributed by atoms with Crippen LogP contribution in [-0.2, 0) is 0 Å². The molecule has 0 radical (unpaired) electrons. The predicted molar refractivity (Wildman–Crippen MR) is 61.0 cm³/mol. The van der Waals surface area contributed by atoms with Gasteiger partial charge in [0.25, 0.3) is 0 Å². The molecule has 0 aromatic rings. The van der Waals surface area contributed by atoms with Crippen LogP contribution in [0.3, 0.4) is 0 Å². The van der Waals surface area contributed by atoms with Gasteiger partial charge in [0.15, 0.2) is 0 Å². The van der Waals surface area contributed by atoms with E-state index in [9.17, 15) is 0 Å². The zero-order chi connectivity index (χ0) is 11.2. The van der Waals surface area contributed by atoms with Gasteiger partial charge in [-0.15, -0.1) is 0 Å². The first-order chi connectivity index (χ1) is 6.37. The van der Waals surface area contributed by atoms with Gasteiger partial charge >= 0.3 is 0 Å². The molecule has 0 aliphatic rings. The molecule has 0 unspecified atom stereocenters. The van der Waals surface area contributed by atoms with Crippen LogP contribution < -0.4 is 0 Å². The zero-order valence-electron chi connectivity index (χ0n) is 10.3. The highest BCUT2D eigenvalue weighted by Crippen LogP contribution is 2.19. The van der Waals surface area contributed by atoms with Gasteiger partial charge in [0.05, 0.1) is 6.07 Å². The van der Waals surface area contributed by atoms with Gasteiger partial charge in [-0.2, -0.15) is 5.26 Å². The van der Waals surface area contributed by atoms with Gasteiger partial charge < -0.3 is 0 Å². The Hall–Kier alpha value is -0.550. The summed E-state index contributed by atoms with van der Waals surface area (Å²) < 4.78 is 0. The fourth-order valence-electron chi connectivity index (χ4n) is 1.30. The molecule has 0 aliphatic heterocycles. The minimum Gasteiger partial charge on any atom is -0.300 e. The summed E-state index contributed by atoms with van der Waals surface area (Å²) in [5.74, 6) is 0. The SMILES string of the molecule is CC(C)N(CCC#N)CCC(C)(C)C. The maximum absolute atomic E-state index is 8.55. The second kappa shape index (κ2) is 6.03. The van der Waals surface area contributed by atoms with Crippen LogP contribution in [-0.4, -0.2) is 24.0 Å². The van der Waals surface area contributed by atoms with Crippen LogP contribution in [0.2, 0.25) is 0 Å². The first-order valence-electron chi connectivity index (χ1n) is 5.48. The third-order valence-electron chi connectivity index (χ3n) is 2.39. The van der Waals surface area contributed by atoms with Crippen molar-refractivity contribution in [2.24, 2.45) is 5.41 Å². The highest BCUT2D eigenvalue weighted by atomic mass is 15.1. The fraction of sp³-hybridized carbons (Fsp3) is 0.917. The Morgan fingerprint density at radius 2 is 1.79 bits per heavy atom. The van der Waals surface area contributed by atoms with E-state index in [1.165, 1.54) is 6.42 Å². The summed E-state index contributed by atoms with van der Waals surface area (Å²) in [6.45, 7) is 13.2. The van der Waals surface area contributed by atoms with Crippen molar-refractivity contribution in [2.75, 3.05) is 13.1 Å². The molecule has 0 amide bonds. The van der Waals surface area contributed by atoms with Crippen LogP contribution in [0.5, 0.6) is 0 Å². The summed E-state index contributed by atoms with van der Waals surface area (Å²) in [5, 5.41) is 8.55. The fourth-order valence-corrected chi connectivity index (χ4v) is 1.30. The molecule has 0 heterocycles. The van der Waals surface area contributed by atoms with Crippen molar-refractivity contribution in [1.29, 1.82) is 5.26 Å². The van der Waals surface area contributed by atoms with Crippen LogP contribution in [0, 0.1) is 16.7 Å². The van der Waals surface area contributed by atoms with E-state index in [1.807, 2.05) is 0 Å². The molecule has 0 spiro atoms. The molecule has 0 fully saturated rings. The topological polar surface area (TPSA) is 27.0 Å². The summed E-state index contributed by atoms with van der Waals surface area (Å²) in [6, 6.07) is 2.76. The molecule has 0 aromatic heterocycles. The van der Waals surface area contributed by atoms with Crippen molar-refractivity contribution in [2.45, 2.75) is 53.5 Å². The lowest BCUT2D eigenvalue weighted by Gasteiger charge is -2.29. The van der Waals surface area contributed by atoms with Gasteiger partial charge in [-0.3, -0.25) is 4.90 Å². The molecule has 0 aromatic carbocycles. The van der Waals surface area contributed by atoms with Gasteiger partial charge in [-0.05, 0) is 32.2 Å². The van der Waals surface area contributed by atoms with E-state index >= 15 is 0 Å². The normalized spacial score (nSPS) is 12.1. The van der Waals surface area contributed by atoms with Crippen molar-refractivity contribution in [3.8, 4) is 6.07 Å². The van der Waals surface area contributed by atoms with Crippen LogP contribution in [0.4, 0.5) is 0 Å². The summed E-state index contributed by atoms with van der Waals surface area (Å²) in [5.41, 5.74) is 0.389. The Kier molecular flexibility index (Phi) is 5.79. The largest absolute Gasteiger partial charge is 0.300 e. The van der Waals surface area contributed by atoms with E-state index in [-0.39, 0.29) is 0 Å². The number of nitriles is 1. The Bertz CT molecular complexity index is 183. The molecule has 0 saturated heterocycles. The number of rotatable bonds is 5. The van der Waals surface area contributed by atoms with Gasteiger partial charge in [-0.25, -0.2) is 0 Å². The van der Waals surface area contributed by atoms with Gasteiger partial charge in [0, 0.05) is 19.0 Å². The van der Waals surface area contributed by atoms with Gasteiger partial charge in [-0.1, -0.05) is 20.8 Å². The average Bonchev–Trinajstić information content (AvgIpc) is 2.01. The van der Waals surface area contributed by atoms with E-state index in [1.54, 1.807) is 0 Å². The minimum atomic E-state index is 0.389. The highest BCUT2D eigenvalue weighted by molar-refractivity contribution is 4.75. The standard InChI is InChI=1S/C12H24N2/c1-11(2)14(9-6-8-13)10-7-12(3,4)5/h11H,6-7,9-10H2,1-5H3. The summed E-state index contributed by atoms with van der Waals surface area (Å²) in [7, 11) is 0. The molecule has 2 nitrogen and oxygen atoms in total.